The van der Waals surface area contributed by atoms with Crippen LogP contribution in [0.1, 0.15) is 34.7 Å². The smallest absolute Gasteiger partial charge is 0.403 e. The van der Waals surface area contributed by atoms with Crippen LogP contribution in [0.5, 0.6) is 5.75 Å². The van der Waals surface area contributed by atoms with Gasteiger partial charge in [0.2, 0.25) is 5.91 Å². The summed E-state index contributed by atoms with van der Waals surface area (Å²) in [6, 6.07) is 9.63. The number of aryl methyl sites for hydroxylation is 2. The van der Waals surface area contributed by atoms with Gasteiger partial charge in [0.1, 0.15) is 5.69 Å². The Morgan fingerprint density at radius 3 is 2.58 bits per heavy atom. The molecule has 3 heterocycles. The number of ether oxygens (including phenoxy) is 1. The molecule has 0 saturated heterocycles. The summed E-state index contributed by atoms with van der Waals surface area (Å²) in [4.78, 5) is 28.0. The number of aromatic amines is 1. The summed E-state index contributed by atoms with van der Waals surface area (Å²) < 4.78 is 57.9. The van der Waals surface area contributed by atoms with E-state index in [2.05, 4.69) is 35.7 Å². The van der Waals surface area contributed by atoms with Crippen molar-refractivity contribution in [3.05, 3.63) is 77.8 Å². The first kappa shape index (κ1) is 28.3. The molecule has 0 fully saturated rings. The lowest BCUT2D eigenvalue weighted by Gasteiger charge is -2.14. The highest BCUT2D eigenvalue weighted by atomic mass is 19.4. The number of unbranched alkanes of at least 4 members (excludes halogenated alkanes) is 1. The lowest BCUT2D eigenvalue weighted by Crippen LogP contribution is -2.25. The normalized spacial score (nSPS) is 11.3. The van der Waals surface area contributed by atoms with Gasteiger partial charge in [-0.3, -0.25) is 24.4 Å². The zero-order valence-corrected chi connectivity index (χ0v) is 21.3. The van der Waals surface area contributed by atoms with Crippen LogP contribution in [-0.4, -0.2) is 50.2 Å². The molecule has 1 aromatic carbocycles. The molecule has 3 N–H and O–H groups in total. The molecule has 14 heteroatoms. The van der Waals surface area contributed by atoms with Gasteiger partial charge < -0.3 is 15.4 Å². The average molecular weight is 560 g/mol. The maximum absolute atomic E-state index is 14.6. The number of alkyl halides is 3. The molecule has 4 rings (SSSR count). The van der Waals surface area contributed by atoms with Gasteiger partial charge in [-0.1, -0.05) is 12.1 Å². The van der Waals surface area contributed by atoms with Crippen molar-refractivity contribution in [1.29, 1.82) is 0 Å². The minimum absolute atomic E-state index is 0.126. The Labute approximate surface area is 225 Å². The van der Waals surface area contributed by atoms with Crippen molar-refractivity contribution in [1.82, 2.24) is 30.3 Å². The van der Waals surface area contributed by atoms with Crippen molar-refractivity contribution in [3.63, 3.8) is 0 Å². The number of hydrogen-bond acceptors (Lipinski definition) is 6. The van der Waals surface area contributed by atoms with Crippen molar-refractivity contribution in [3.8, 4) is 16.9 Å². The van der Waals surface area contributed by atoms with Crippen LogP contribution < -0.4 is 15.4 Å². The number of aromatic nitrogens is 5. The number of carbonyl (C=O) groups excluding carboxylic acids is 2. The molecule has 210 valence electrons. The maximum Gasteiger partial charge on any atom is 0.573 e. The Balaban J connectivity index is 1.27. The van der Waals surface area contributed by atoms with Crippen LogP contribution in [0.15, 0.2) is 54.9 Å². The van der Waals surface area contributed by atoms with Crippen molar-refractivity contribution in [2.24, 2.45) is 0 Å². The topological polar surface area (TPSA) is 127 Å². The molecule has 0 bridgehead atoms. The molecule has 0 aliphatic heterocycles. The second-order valence-corrected chi connectivity index (χ2v) is 8.72. The quantitative estimate of drug-likeness (QED) is 0.186. The number of rotatable bonds is 11. The van der Waals surface area contributed by atoms with E-state index in [0.29, 0.717) is 12.1 Å². The van der Waals surface area contributed by atoms with Gasteiger partial charge in [0.05, 0.1) is 24.0 Å². The molecule has 0 spiro atoms. The summed E-state index contributed by atoms with van der Waals surface area (Å²) >= 11 is 0. The van der Waals surface area contributed by atoms with Crippen LogP contribution in [0.2, 0.25) is 0 Å². The number of H-pyrrole nitrogens is 1. The number of nitrogens with zero attached hydrogens (tertiary/aromatic N) is 4. The molecule has 0 aliphatic rings. The van der Waals surface area contributed by atoms with E-state index in [9.17, 15) is 27.2 Å². The van der Waals surface area contributed by atoms with Gasteiger partial charge in [0, 0.05) is 25.4 Å². The van der Waals surface area contributed by atoms with Gasteiger partial charge in [0.15, 0.2) is 17.4 Å². The first-order chi connectivity index (χ1) is 19.1. The van der Waals surface area contributed by atoms with Crippen LogP contribution in [0.25, 0.3) is 11.1 Å². The maximum atomic E-state index is 14.6. The third kappa shape index (κ3) is 7.65. The number of benzene rings is 1. The number of pyridine rings is 1. The largest absolute Gasteiger partial charge is 0.573 e. The van der Waals surface area contributed by atoms with Gasteiger partial charge in [-0.05, 0) is 55.2 Å². The Morgan fingerprint density at radius 2 is 1.88 bits per heavy atom. The first-order valence-corrected chi connectivity index (χ1v) is 12.2. The van der Waals surface area contributed by atoms with Crippen molar-refractivity contribution in [2.45, 2.75) is 38.6 Å². The van der Waals surface area contributed by atoms with Crippen molar-refractivity contribution >= 4 is 17.6 Å². The Bertz CT molecular complexity index is 1450. The lowest BCUT2D eigenvalue weighted by molar-refractivity contribution is -0.275. The van der Waals surface area contributed by atoms with E-state index in [1.165, 1.54) is 30.5 Å². The van der Waals surface area contributed by atoms with Crippen LogP contribution in [0, 0.1) is 5.82 Å². The zero-order valence-electron chi connectivity index (χ0n) is 21.3. The van der Waals surface area contributed by atoms with Crippen molar-refractivity contribution in [2.75, 3.05) is 12.4 Å². The number of anilines is 1. The predicted molar refractivity (Wildman–Crippen MR) is 136 cm³/mol. The van der Waals surface area contributed by atoms with Gasteiger partial charge in [-0.2, -0.15) is 5.10 Å². The molecule has 3 aromatic heterocycles. The van der Waals surface area contributed by atoms with Gasteiger partial charge >= 0.3 is 6.36 Å². The fourth-order valence-corrected chi connectivity index (χ4v) is 3.85. The van der Waals surface area contributed by atoms with E-state index >= 15 is 0 Å². The van der Waals surface area contributed by atoms with Crippen LogP contribution in [0.4, 0.5) is 23.4 Å². The molecule has 0 unspecified atom stereocenters. The molecule has 10 nitrogen and oxygen atoms in total. The SMILES string of the molecule is CNC(=O)c1cn(CCCCc2ccc(NC(=O)Cc3cc(-c4cccc(OC(F)(F)F)c4F)ccn3)nn2)[nH]1. The van der Waals surface area contributed by atoms with Gasteiger partial charge in [0.25, 0.3) is 5.91 Å². The third-order valence-electron chi connectivity index (χ3n) is 5.75. The summed E-state index contributed by atoms with van der Waals surface area (Å²) in [5, 5.41) is 16.2. The number of halogens is 4. The number of amides is 2. The highest BCUT2D eigenvalue weighted by Gasteiger charge is 2.32. The van der Waals surface area contributed by atoms with Gasteiger partial charge in [-0.25, -0.2) is 4.39 Å². The summed E-state index contributed by atoms with van der Waals surface area (Å²) in [7, 11) is 1.57. The minimum atomic E-state index is -5.04. The predicted octanol–water partition coefficient (Wildman–Crippen LogP) is 4.27. The van der Waals surface area contributed by atoms with Gasteiger partial charge in [-0.15, -0.1) is 18.3 Å². The minimum Gasteiger partial charge on any atom is -0.403 e. The molecule has 4 aromatic rings. The number of nitrogens with one attached hydrogen (secondary N) is 3. The Kier molecular flexibility index (Phi) is 8.76. The van der Waals surface area contributed by atoms with E-state index in [1.807, 2.05) is 4.68 Å². The van der Waals surface area contributed by atoms with E-state index in [1.54, 1.807) is 25.4 Å². The molecular formula is C26H25F4N7O3. The highest BCUT2D eigenvalue weighted by molar-refractivity contribution is 5.92. The molecule has 0 aliphatic carbocycles. The summed E-state index contributed by atoms with van der Waals surface area (Å²) in [5.74, 6) is -2.51. The van der Waals surface area contributed by atoms with E-state index < -0.39 is 23.8 Å². The number of hydrogen-bond donors (Lipinski definition) is 3. The Hall–Kier alpha value is -4.75. The van der Waals surface area contributed by atoms with Crippen LogP contribution in [-0.2, 0) is 24.2 Å². The summed E-state index contributed by atoms with van der Waals surface area (Å²) in [6.07, 6.45) is 0.243. The molecular weight excluding hydrogens is 534 g/mol. The molecule has 0 atom stereocenters. The summed E-state index contributed by atoms with van der Waals surface area (Å²) in [5.41, 5.74) is 1.66. The lowest BCUT2D eigenvalue weighted by atomic mass is 10.0. The fraction of sp³-hybridized carbons (Fsp3) is 0.269. The molecule has 40 heavy (non-hydrogen) atoms. The summed E-state index contributed by atoms with van der Waals surface area (Å²) in [6.45, 7) is 0.733. The molecule has 0 radical (unpaired) electrons. The van der Waals surface area contributed by atoms with E-state index in [-0.39, 0.29) is 35.0 Å². The Morgan fingerprint density at radius 1 is 1.07 bits per heavy atom. The van der Waals surface area contributed by atoms with E-state index in [0.717, 1.165) is 31.1 Å². The van der Waals surface area contributed by atoms with Crippen LogP contribution >= 0.6 is 0 Å². The third-order valence-corrected chi connectivity index (χ3v) is 5.75. The highest BCUT2D eigenvalue weighted by Crippen LogP contribution is 2.32. The average Bonchev–Trinajstić information content (AvgIpc) is 2.88. The standard InChI is InChI=1S/C26H25F4N7O3/c1-31-25(39)20-15-37(36-20)12-3-2-5-17-8-9-22(35-34-17)33-23(38)14-18-13-16(10-11-32-18)19-6-4-7-21(24(19)27)40-26(28,29)30/h4,6-11,13,15,36H,2-3,5,12,14H2,1H3,(H,31,39)(H,33,35,38). The van der Waals surface area contributed by atoms with Crippen molar-refractivity contribution < 1.29 is 31.9 Å². The second-order valence-electron chi connectivity index (χ2n) is 8.72. The zero-order chi connectivity index (χ0) is 28.7. The monoisotopic (exact) mass is 559 g/mol. The first-order valence-electron chi connectivity index (χ1n) is 12.2. The van der Waals surface area contributed by atoms with E-state index in [4.69, 9.17) is 0 Å². The fourth-order valence-electron chi connectivity index (χ4n) is 3.85. The van der Waals surface area contributed by atoms with Crippen LogP contribution in [0.3, 0.4) is 0 Å². The second kappa shape index (κ2) is 12.4. The molecule has 2 amide bonds. The number of carbonyl (C=O) groups is 2. The molecule has 0 saturated carbocycles.